The van der Waals surface area contributed by atoms with Crippen LogP contribution in [-0.4, -0.2) is 39.9 Å². The Morgan fingerprint density at radius 1 is 1.48 bits per heavy atom. The standard InChI is InChI=1S/C10H10BrN5O4S/c1-15(5-10-12-6-13-14-10)21(19,20)9-4-7(11)2-3-8(9)16(17)18/h2-4,6H,5H2,1H3,(H,12,13,14). The fraction of sp³-hybridized carbons (Fsp3) is 0.200. The van der Waals surface area contributed by atoms with Crippen molar-refractivity contribution in [2.45, 2.75) is 11.4 Å². The Bertz CT molecular complexity index is 762. The predicted octanol–water partition coefficient (Wildman–Crippen LogP) is 1.30. The third-order valence-electron chi connectivity index (χ3n) is 2.64. The molecular weight excluding hydrogens is 366 g/mol. The highest BCUT2D eigenvalue weighted by Crippen LogP contribution is 2.29. The molecule has 0 amide bonds. The SMILES string of the molecule is CN(Cc1ncn[nH]1)S(=O)(=O)c1cc(Br)ccc1[N+](=O)[O-]. The van der Waals surface area contributed by atoms with Crippen LogP contribution in [0.2, 0.25) is 0 Å². The smallest absolute Gasteiger partial charge is 0.262 e. The Balaban J connectivity index is 2.43. The predicted molar refractivity (Wildman–Crippen MR) is 75.8 cm³/mol. The maximum Gasteiger partial charge on any atom is 0.289 e. The molecule has 0 aliphatic carbocycles. The zero-order valence-corrected chi connectivity index (χ0v) is 13.1. The lowest BCUT2D eigenvalue weighted by molar-refractivity contribution is -0.387. The van der Waals surface area contributed by atoms with Crippen molar-refractivity contribution >= 4 is 31.6 Å². The number of benzene rings is 1. The molecule has 0 fully saturated rings. The van der Waals surface area contributed by atoms with E-state index in [4.69, 9.17) is 0 Å². The number of H-pyrrole nitrogens is 1. The summed E-state index contributed by atoms with van der Waals surface area (Å²) in [4.78, 5) is 13.7. The van der Waals surface area contributed by atoms with Crippen LogP contribution in [0.4, 0.5) is 5.69 Å². The van der Waals surface area contributed by atoms with Crippen molar-refractivity contribution in [3.63, 3.8) is 0 Å². The molecule has 1 heterocycles. The van der Waals surface area contributed by atoms with E-state index >= 15 is 0 Å². The van der Waals surface area contributed by atoms with E-state index in [1.165, 1.54) is 25.5 Å². The van der Waals surface area contributed by atoms with Crippen LogP contribution in [-0.2, 0) is 16.6 Å². The number of hydrogen-bond donors (Lipinski definition) is 1. The lowest BCUT2D eigenvalue weighted by Crippen LogP contribution is -2.27. The normalized spacial score (nSPS) is 11.8. The van der Waals surface area contributed by atoms with Gasteiger partial charge in [0, 0.05) is 17.6 Å². The summed E-state index contributed by atoms with van der Waals surface area (Å²) in [6.45, 7) is -0.0774. The monoisotopic (exact) mass is 375 g/mol. The van der Waals surface area contributed by atoms with Gasteiger partial charge < -0.3 is 0 Å². The summed E-state index contributed by atoms with van der Waals surface area (Å²) >= 11 is 3.11. The zero-order valence-electron chi connectivity index (χ0n) is 10.7. The fourth-order valence-corrected chi connectivity index (χ4v) is 3.44. The number of nitrogens with one attached hydrogen (secondary N) is 1. The molecule has 1 aromatic heterocycles. The molecule has 1 N–H and O–H groups in total. The summed E-state index contributed by atoms with van der Waals surface area (Å²) in [6.07, 6.45) is 1.25. The first kappa shape index (κ1) is 15.5. The van der Waals surface area contributed by atoms with Crippen molar-refractivity contribution in [1.82, 2.24) is 19.5 Å². The van der Waals surface area contributed by atoms with E-state index in [2.05, 4.69) is 31.1 Å². The van der Waals surface area contributed by atoms with Crippen LogP contribution >= 0.6 is 15.9 Å². The number of hydrogen-bond acceptors (Lipinski definition) is 6. The second-order valence-corrected chi connectivity index (χ2v) is 6.99. The first-order valence-electron chi connectivity index (χ1n) is 5.57. The van der Waals surface area contributed by atoms with Gasteiger partial charge in [-0.25, -0.2) is 13.4 Å². The molecular formula is C10H10BrN5O4S. The van der Waals surface area contributed by atoms with E-state index in [9.17, 15) is 18.5 Å². The summed E-state index contributed by atoms with van der Waals surface area (Å²) in [6, 6.07) is 3.75. The van der Waals surface area contributed by atoms with Gasteiger partial charge in [-0.05, 0) is 12.1 Å². The van der Waals surface area contributed by atoms with Gasteiger partial charge in [-0.3, -0.25) is 15.2 Å². The molecule has 21 heavy (non-hydrogen) atoms. The minimum atomic E-state index is -4.04. The minimum Gasteiger partial charge on any atom is -0.262 e. The van der Waals surface area contributed by atoms with Crippen LogP contribution in [0, 0.1) is 10.1 Å². The van der Waals surface area contributed by atoms with Crippen LogP contribution < -0.4 is 0 Å². The molecule has 0 saturated heterocycles. The van der Waals surface area contributed by atoms with Gasteiger partial charge in [0.2, 0.25) is 10.0 Å². The first-order valence-corrected chi connectivity index (χ1v) is 7.80. The van der Waals surface area contributed by atoms with Crippen LogP contribution in [0.15, 0.2) is 33.9 Å². The second-order valence-electron chi connectivity index (χ2n) is 4.06. The highest BCUT2D eigenvalue weighted by Gasteiger charge is 2.30. The number of aromatic nitrogens is 3. The molecule has 2 rings (SSSR count). The molecule has 0 aliphatic heterocycles. The lowest BCUT2D eigenvalue weighted by atomic mass is 10.3. The number of nitro groups is 1. The molecule has 11 heteroatoms. The molecule has 112 valence electrons. The lowest BCUT2D eigenvalue weighted by Gasteiger charge is -2.15. The molecule has 0 radical (unpaired) electrons. The Morgan fingerprint density at radius 2 is 2.19 bits per heavy atom. The second kappa shape index (κ2) is 5.87. The summed E-state index contributed by atoms with van der Waals surface area (Å²) in [5, 5.41) is 17.1. The van der Waals surface area contributed by atoms with Gasteiger partial charge in [0.15, 0.2) is 4.90 Å². The molecule has 1 aromatic carbocycles. The fourth-order valence-electron chi connectivity index (χ4n) is 1.62. The maximum atomic E-state index is 12.5. The van der Waals surface area contributed by atoms with E-state index in [1.54, 1.807) is 0 Å². The van der Waals surface area contributed by atoms with E-state index in [0.29, 0.717) is 10.3 Å². The Labute approximate surface area is 128 Å². The minimum absolute atomic E-state index is 0.0774. The van der Waals surface area contributed by atoms with Crippen LogP contribution in [0.25, 0.3) is 0 Å². The average molecular weight is 376 g/mol. The number of halogens is 1. The van der Waals surface area contributed by atoms with E-state index in [1.807, 2.05) is 0 Å². The van der Waals surface area contributed by atoms with E-state index < -0.39 is 20.6 Å². The largest absolute Gasteiger partial charge is 0.289 e. The average Bonchev–Trinajstić information content (AvgIpc) is 2.91. The third-order valence-corrected chi connectivity index (χ3v) is 4.97. The summed E-state index contributed by atoms with van der Waals surface area (Å²) in [7, 11) is -2.73. The van der Waals surface area contributed by atoms with Gasteiger partial charge >= 0.3 is 0 Å². The topological polar surface area (TPSA) is 122 Å². The molecule has 0 spiro atoms. The zero-order chi connectivity index (χ0) is 15.6. The first-order chi connectivity index (χ1) is 9.82. The molecule has 9 nitrogen and oxygen atoms in total. The van der Waals surface area contributed by atoms with E-state index in [-0.39, 0.29) is 11.4 Å². The van der Waals surface area contributed by atoms with Crippen molar-refractivity contribution in [2.24, 2.45) is 0 Å². The van der Waals surface area contributed by atoms with E-state index in [0.717, 1.165) is 10.4 Å². The van der Waals surface area contributed by atoms with Gasteiger partial charge in [-0.1, -0.05) is 15.9 Å². The van der Waals surface area contributed by atoms with Gasteiger partial charge in [-0.2, -0.15) is 9.40 Å². The Morgan fingerprint density at radius 3 is 2.76 bits per heavy atom. The molecule has 0 saturated carbocycles. The number of nitrogens with zero attached hydrogens (tertiary/aromatic N) is 4. The number of nitro benzene ring substituents is 1. The Kier molecular flexibility index (Phi) is 4.34. The van der Waals surface area contributed by atoms with Crippen molar-refractivity contribution in [3.05, 3.63) is 44.9 Å². The summed E-state index contributed by atoms with van der Waals surface area (Å²) < 4.78 is 26.3. The van der Waals surface area contributed by atoms with Gasteiger partial charge in [0.05, 0.1) is 11.5 Å². The third kappa shape index (κ3) is 3.25. The molecule has 0 bridgehead atoms. The van der Waals surface area contributed by atoms with Crippen molar-refractivity contribution in [2.75, 3.05) is 7.05 Å². The highest BCUT2D eigenvalue weighted by atomic mass is 79.9. The summed E-state index contributed by atoms with van der Waals surface area (Å²) in [5.74, 6) is 0.332. The molecule has 2 aromatic rings. The maximum absolute atomic E-state index is 12.5. The van der Waals surface area contributed by atoms with Gasteiger partial charge in [0.25, 0.3) is 5.69 Å². The Hall–Kier alpha value is -1.85. The van der Waals surface area contributed by atoms with Crippen molar-refractivity contribution in [3.8, 4) is 0 Å². The van der Waals surface area contributed by atoms with Gasteiger partial charge in [-0.15, -0.1) is 0 Å². The molecule has 0 aliphatic rings. The van der Waals surface area contributed by atoms with Crippen LogP contribution in [0.5, 0.6) is 0 Å². The number of rotatable bonds is 5. The number of sulfonamides is 1. The van der Waals surface area contributed by atoms with Crippen LogP contribution in [0.3, 0.4) is 0 Å². The highest BCUT2D eigenvalue weighted by molar-refractivity contribution is 9.10. The van der Waals surface area contributed by atoms with Crippen molar-refractivity contribution in [1.29, 1.82) is 0 Å². The number of aromatic amines is 1. The van der Waals surface area contributed by atoms with Crippen molar-refractivity contribution < 1.29 is 13.3 Å². The summed E-state index contributed by atoms with van der Waals surface area (Å²) in [5.41, 5.74) is -0.484. The van der Waals surface area contributed by atoms with Gasteiger partial charge in [0.1, 0.15) is 12.2 Å². The molecule has 0 atom stereocenters. The quantitative estimate of drug-likeness (QED) is 0.620. The van der Waals surface area contributed by atoms with Crippen LogP contribution in [0.1, 0.15) is 5.82 Å². The molecule has 0 unspecified atom stereocenters.